The van der Waals surface area contributed by atoms with Crippen LogP contribution in [0.1, 0.15) is 33.3 Å². The Morgan fingerprint density at radius 1 is 1.00 bits per heavy atom. The van der Waals surface area contributed by atoms with Crippen molar-refractivity contribution in [3.8, 4) is 17.2 Å². The molecule has 1 atom stereocenters. The fourth-order valence-corrected chi connectivity index (χ4v) is 4.64. The van der Waals surface area contributed by atoms with E-state index in [1.54, 1.807) is 35.2 Å². The van der Waals surface area contributed by atoms with Crippen LogP contribution in [-0.4, -0.2) is 24.2 Å². The molecule has 2 aliphatic rings. The Balaban J connectivity index is 1.49. The minimum Gasteiger partial charge on any atom is -0.490 e. The average molecular weight is 467 g/mol. The molecule has 0 saturated heterocycles. The molecule has 0 radical (unpaired) electrons. The van der Waals surface area contributed by atoms with Gasteiger partial charge in [-0.05, 0) is 47.5 Å². The van der Waals surface area contributed by atoms with Crippen LogP contribution in [0.15, 0.2) is 88.6 Å². The van der Waals surface area contributed by atoms with Crippen LogP contribution in [0.25, 0.3) is 11.0 Å². The topological polar surface area (TPSA) is 78.2 Å². The van der Waals surface area contributed by atoms with Gasteiger partial charge in [0.25, 0.3) is 5.91 Å². The number of nitrogens with zero attached hydrogens (tertiary/aromatic N) is 1. The number of hydrogen-bond acceptors (Lipinski definition) is 6. The molecule has 0 bridgehead atoms. The van der Waals surface area contributed by atoms with E-state index in [0.29, 0.717) is 40.4 Å². The lowest BCUT2D eigenvalue weighted by atomic mass is 9.98. The lowest BCUT2D eigenvalue weighted by Crippen LogP contribution is -2.29. The van der Waals surface area contributed by atoms with E-state index in [1.165, 1.54) is 0 Å². The molecule has 3 heterocycles. The molecule has 7 heteroatoms. The Morgan fingerprint density at radius 3 is 2.74 bits per heavy atom. The molecule has 4 aromatic rings. The number of para-hydroxylation sites is 1. The van der Waals surface area contributed by atoms with E-state index in [1.807, 2.05) is 42.5 Å². The summed E-state index contributed by atoms with van der Waals surface area (Å²) in [6.07, 6.45) is 1.66. The maximum atomic E-state index is 13.7. The predicted molar refractivity (Wildman–Crippen MR) is 129 cm³/mol. The number of amides is 1. The molecule has 1 aromatic heterocycles. The number of fused-ring (bicyclic) bond motifs is 3. The van der Waals surface area contributed by atoms with Crippen LogP contribution >= 0.6 is 0 Å². The van der Waals surface area contributed by atoms with E-state index in [2.05, 4.69) is 6.58 Å². The van der Waals surface area contributed by atoms with Crippen molar-refractivity contribution in [2.24, 2.45) is 0 Å². The molecule has 0 spiro atoms. The maximum absolute atomic E-state index is 13.7. The van der Waals surface area contributed by atoms with Crippen molar-refractivity contribution in [3.63, 3.8) is 0 Å². The summed E-state index contributed by atoms with van der Waals surface area (Å²) >= 11 is 0. The summed E-state index contributed by atoms with van der Waals surface area (Å²) in [5, 5.41) is 0.438. The van der Waals surface area contributed by atoms with Gasteiger partial charge in [-0.15, -0.1) is 0 Å². The summed E-state index contributed by atoms with van der Waals surface area (Å²) in [5.41, 5.74) is 2.09. The van der Waals surface area contributed by atoms with Gasteiger partial charge in [-0.25, -0.2) is 0 Å². The van der Waals surface area contributed by atoms with Gasteiger partial charge in [0.2, 0.25) is 12.6 Å². The zero-order chi connectivity index (χ0) is 23.9. The molecule has 35 heavy (non-hydrogen) atoms. The molecular formula is C28H21NO6. The number of carbonyl (C=O) groups is 1. The van der Waals surface area contributed by atoms with Gasteiger partial charge < -0.3 is 23.5 Å². The van der Waals surface area contributed by atoms with Gasteiger partial charge in [0.05, 0.1) is 17.0 Å². The number of benzene rings is 3. The molecule has 7 nitrogen and oxygen atoms in total. The summed E-state index contributed by atoms with van der Waals surface area (Å²) < 4.78 is 22.6. The van der Waals surface area contributed by atoms with Crippen LogP contribution in [0.2, 0.25) is 0 Å². The minimum absolute atomic E-state index is 0.0665. The van der Waals surface area contributed by atoms with E-state index in [9.17, 15) is 9.59 Å². The third-order valence-electron chi connectivity index (χ3n) is 6.20. The second-order valence-electron chi connectivity index (χ2n) is 8.37. The lowest BCUT2D eigenvalue weighted by molar-refractivity contribution is 0.0714. The third kappa shape index (κ3) is 3.52. The second kappa shape index (κ2) is 8.36. The van der Waals surface area contributed by atoms with Gasteiger partial charge in [-0.3, -0.25) is 9.59 Å². The van der Waals surface area contributed by atoms with E-state index < -0.39 is 6.04 Å². The first-order valence-corrected chi connectivity index (χ1v) is 11.2. The quantitative estimate of drug-likeness (QED) is 0.378. The summed E-state index contributed by atoms with van der Waals surface area (Å²) in [7, 11) is 0. The number of rotatable bonds is 6. The van der Waals surface area contributed by atoms with Crippen molar-refractivity contribution in [1.29, 1.82) is 0 Å². The van der Waals surface area contributed by atoms with E-state index in [4.69, 9.17) is 18.6 Å². The molecule has 0 unspecified atom stereocenters. The van der Waals surface area contributed by atoms with Crippen molar-refractivity contribution in [1.82, 2.24) is 4.90 Å². The zero-order valence-corrected chi connectivity index (χ0v) is 18.7. The van der Waals surface area contributed by atoms with E-state index in [-0.39, 0.29) is 30.4 Å². The highest BCUT2D eigenvalue weighted by Gasteiger charge is 2.43. The smallest absolute Gasteiger partial charge is 0.291 e. The number of ether oxygens (including phenoxy) is 3. The summed E-state index contributed by atoms with van der Waals surface area (Å²) in [4.78, 5) is 29.0. The van der Waals surface area contributed by atoms with Gasteiger partial charge in [0, 0.05) is 6.54 Å². The SMILES string of the molecule is C=CCOc1cccc([C@@H]2c3c(oc4ccccc4c3=O)C(=O)N2Cc2ccc3c(c2)OCO3)c1. The van der Waals surface area contributed by atoms with Crippen LogP contribution in [0.3, 0.4) is 0 Å². The fraction of sp³-hybridized carbons (Fsp3) is 0.143. The monoisotopic (exact) mass is 467 g/mol. The Kier molecular flexibility index (Phi) is 5.03. The highest BCUT2D eigenvalue weighted by Crippen LogP contribution is 2.41. The van der Waals surface area contributed by atoms with Crippen molar-refractivity contribution in [2.75, 3.05) is 13.4 Å². The first-order chi connectivity index (χ1) is 17.1. The molecular weight excluding hydrogens is 446 g/mol. The number of carbonyl (C=O) groups excluding carboxylic acids is 1. The zero-order valence-electron chi connectivity index (χ0n) is 18.7. The summed E-state index contributed by atoms with van der Waals surface area (Å²) in [6, 6.07) is 19.3. The molecule has 0 N–H and O–H groups in total. The van der Waals surface area contributed by atoms with Crippen LogP contribution < -0.4 is 19.6 Å². The average Bonchev–Trinajstić information content (AvgIpc) is 3.46. The normalized spacial score (nSPS) is 15.9. The molecule has 174 valence electrons. The third-order valence-corrected chi connectivity index (χ3v) is 6.20. The lowest BCUT2D eigenvalue weighted by Gasteiger charge is -2.25. The highest BCUT2D eigenvalue weighted by atomic mass is 16.7. The van der Waals surface area contributed by atoms with Crippen LogP contribution in [0.4, 0.5) is 0 Å². The molecule has 1 amide bonds. The van der Waals surface area contributed by atoms with Crippen LogP contribution in [0, 0.1) is 0 Å². The van der Waals surface area contributed by atoms with Crippen LogP contribution in [-0.2, 0) is 6.54 Å². The molecule has 3 aromatic carbocycles. The molecule has 6 rings (SSSR count). The van der Waals surface area contributed by atoms with Gasteiger partial charge in [-0.1, -0.05) is 43.0 Å². The molecule has 2 aliphatic heterocycles. The van der Waals surface area contributed by atoms with Gasteiger partial charge in [0.15, 0.2) is 16.9 Å². The van der Waals surface area contributed by atoms with Crippen molar-refractivity contribution < 1.29 is 23.4 Å². The highest BCUT2D eigenvalue weighted by molar-refractivity contribution is 5.99. The van der Waals surface area contributed by atoms with E-state index in [0.717, 1.165) is 11.1 Å². The molecule has 0 saturated carbocycles. The Morgan fingerprint density at radius 2 is 1.86 bits per heavy atom. The van der Waals surface area contributed by atoms with Gasteiger partial charge >= 0.3 is 0 Å². The first kappa shape index (κ1) is 21.0. The van der Waals surface area contributed by atoms with Crippen LogP contribution in [0.5, 0.6) is 17.2 Å². The maximum Gasteiger partial charge on any atom is 0.291 e. The van der Waals surface area contributed by atoms with Crippen molar-refractivity contribution in [3.05, 3.63) is 112 Å². The molecule has 0 aliphatic carbocycles. The molecule has 0 fully saturated rings. The summed E-state index contributed by atoms with van der Waals surface area (Å²) in [6.45, 7) is 4.45. The van der Waals surface area contributed by atoms with Crippen molar-refractivity contribution >= 4 is 16.9 Å². The Labute approximate surface area is 200 Å². The predicted octanol–water partition coefficient (Wildman–Crippen LogP) is 4.83. The van der Waals surface area contributed by atoms with Gasteiger partial charge in [-0.2, -0.15) is 0 Å². The first-order valence-electron chi connectivity index (χ1n) is 11.2. The Bertz CT molecular complexity index is 1540. The fourth-order valence-electron chi connectivity index (χ4n) is 4.64. The Hall–Kier alpha value is -4.52. The largest absolute Gasteiger partial charge is 0.490 e. The van der Waals surface area contributed by atoms with Gasteiger partial charge in [0.1, 0.15) is 17.9 Å². The second-order valence-corrected chi connectivity index (χ2v) is 8.37. The van der Waals surface area contributed by atoms with E-state index >= 15 is 0 Å². The minimum atomic E-state index is -0.643. The van der Waals surface area contributed by atoms with Crippen molar-refractivity contribution in [2.45, 2.75) is 12.6 Å². The number of hydrogen-bond donors (Lipinski definition) is 0. The standard InChI is InChI=1S/C28H21NO6/c1-2-12-32-19-7-5-6-18(14-19)25-24-26(30)20-8-3-4-9-21(20)35-27(24)28(31)29(25)15-17-10-11-22-23(13-17)34-16-33-22/h2-11,13-14,25H,1,12,15-16H2/t25-/m1/s1. The summed E-state index contributed by atoms with van der Waals surface area (Å²) in [5.74, 6) is 1.63.